The Bertz CT molecular complexity index is 71.7. The van der Waals surface area contributed by atoms with Crippen molar-refractivity contribution in [3.63, 3.8) is 0 Å². The molecule has 1 aliphatic heterocycles. The largest absolute Gasteiger partial charge is 0.373 e. The SMILES string of the molecule is C.C.C.CC(CC1CO1)OO. The van der Waals surface area contributed by atoms with E-state index in [-0.39, 0.29) is 28.4 Å². The van der Waals surface area contributed by atoms with Crippen molar-refractivity contribution in [3.8, 4) is 0 Å². The van der Waals surface area contributed by atoms with Crippen molar-refractivity contribution in [2.45, 2.75) is 47.8 Å². The first kappa shape index (κ1) is 17.1. The van der Waals surface area contributed by atoms with Gasteiger partial charge in [0.2, 0.25) is 0 Å². The van der Waals surface area contributed by atoms with Crippen molar-refractivity contribution in [1.82, 2.24) is 0 Å². The molecule has 0 amide bonds. The van der Waals surface area contributed by atoms with Crippen LogP contribution in [-0.4, -0.2) is 24.1 Å². The molecule has 0 aromatic carbocycles. The number of hydrogen-bond acceptors (Lipinski definition) is 3. The summed E-state index contributed by atoms with van der Waals surface area (Å²) in [4.78, 5) is 4.02. The summed E-state index contributed by atoms with van der Waals surface area (Å²) in [5.41, 5.74) is 0. The van der Waals surface area contributed by atoms with Crippen LogP contribution in [0.1, 0.15) is 35.6 Å². The van der Waals surface area contributed by atoms with Gasteiger partial charge in [-0.15, -0.1) is 0 Å². The van der Waals surface area contributed by atoms with Gasteiger partial charge in [0.05, 0.1) is 18.8 Å². The Balaban J connectivity index is -0.000000213. The van der Waals surface area contributed by atoms with Crippen LogP contribution in [0.25, 0.3) is 0 Å². The molecule has 2 atom stereocenters. The molecular formula is C8H22O3. The molecule has 0 bridgehead atoms. The van der Waals surface area contributed by atoms with Crippen LogP contribution in [-0.2, 0) is 9.62 Å². The molecule has 0 saturated carbocycles. The molecule has 0 aliphatic carbocycles. The molecule has 1 rings (SSSR count). The van der Waals surface area contributed by atoms with Gasteiger partial charge in [0, 0.05) is 6.42 Å². The minimum atomic E-state index is -0.0810. The van der Waals surface area contributed by atoms with Gasteiger partial charge >= 0.3 is 0 Å². The summed E-state index contributed by atoms with van der Waals surface area (Å²) in [6, 6.07) is 0. The Kier molecular flexibility index (Phi) is 12.4. The van der Waals surface area contributed by atoms with Crippen LogP contribution < -0.4 is 0 Å². The normalized spacial score (nSPS) is 21.8. The highest BCUT2D eigenvalue weighted by atomic mass is 17.1. The van der Waals surface area contributed by atoms with E-state index < -0.39 is 0 Å². The zero-order valence-electron chi connectivity index (χ0n) is 4.83. The second-order valence-corrected chi connectivity index (χ2v) is 2.11. The number of ether oxygens (including phenoxy) is 1. The molecule has 1 aliphatic rings. The van der Waals surface area contributed by atoms with Gasteiger partial charge in [-0.25, -0.2) is 4.89 Å². The molecule has 1 heterocycles. The van der Waals surface area contributed by atoms with Gasteiger partial charge in [0.25, 0.3) is 0 Å². The fourth-order valence-corrected chi connectivity index (χ4v) is 0.617. The van der Waals surface area contributed by atoms with Crippen molar-refractivity contribution in [2.24, 2.45) is 0 Å². The van der Waals surface area contributed by atoms with Crippen molar-refractivity contribution in [3.05, 3.63) is 0 Å². The Morgan fingerprint density at radius 2 is 2.00 bits per heavy atom. The summed E-state index contributed by atoms with van der Waals surface area (Å²) in [5.74, 6) is 0. The highest BCUT2D eigenvalue weighted by Crippen LogP contribution is 2.16. The molecule has 0 radical (unpaired) electrons. The number of epoxide rings is 1. The van der Waals surface area contributed by atoms with Crippen LogP contribution in [0.4, 0.5) is 0 Å². The van der Waals surface area contributed by atoms with Crippen LogP contribution in [0.2, 0.25) is 0 Å². The maximum absolute atomic E-state index is 8.06. The topological polar surface area (TPSA) is 42.0 Å². The van der Waals surface area contributed by atoms with E-state index in [4.69, 9.17) is 9.99 Å². The lowest BCUT2D eigenvalue weighted by molar-refractivity contribution is -0.275. The average Bonchev–Trinajstić information content (AvgIpc) is 2.50. The van der Waals surface area contributed by atoms with Crippen LogP contribution in [0.3, 0.4) is 0 Å². The van der Waals surface area contributed by atoms with Gasteiger partial charge in [0.1, 0.15) is 0 Å². The van der Waals surface area contributed by atoms with Crippen LogP contribution in [0.15, 0.2) is 0 Å². The molecule has 11 heavy (non-hydrogen) atoms. The lowest BCUT2D eigenvalue weighted by Crippen LogP contribution is -2.07. The molecule has 72 valence electrons. The first-order valence-electron chi connectivity index (χ1n) is 2.74. The van der Waals surface area contributed by atoms with Gasteiger partial charge in [-0.1, -0.05) is 22.3 Å². The monoisotopic (exact) mass is 166 g/mol. The second-order valence-electron chi connectivity index (χ2n) is 2.11. The molecule has 1 fully saturated rings. The fraction of sp³-hybridized carbons (Fsp3) is 1.00. The summed E-state index contributed by atoms with van der Waals surface area (Å²) in [7, 11) is 0. The number of hydrogen-bond donors (Lipinski definition) is 1. The summed E-state index contributed by atoms with van der Waals surface area (Å²) < 4.78 is 4.89. The average molecular weight is 166 g/mol. The molecule has 0 spiro atoms. The second kappa shape index (κ2) is 7.98. The molecular weight excluding hydrogens is 144 g/mol. The van der Waals surface area contributed by atoms with E-state index in [1.54, 1.807) is 0 Å². The predicted octanol–water partition coefficient (Wildman–Crippen LogP) is 2.56. The van der Waals surface area contributed by atoms with E-state index in [2.05, 4.69) is 4.89 Å². The maximum atomic E-state index is 8.06. The van der Waals surface area contributed by atoms with E-state index >= 15 is 0 Å². The van der Waals surface area contributed by atoms with Crippen LogP contribution >= 0.6 is 0 Å². The van der Waals surface area contributed by atoms with Gasteiger partial charge in [-0.05, 0) is 6.92 Å². The van der Waals surface area contributed by atoms with Crippen molar-refractivity contribution in [2.75, 3.05) is 6.61 Å². The molecule has 3 heteroatoms. The third kappa shape index (κ3) is 7.78. The molecule has 1 saturated heterocycles. The standard InChI is InChI=1S/C5H10O3.3CH4/c1-4(8-6)2-5-3-7-5;;;/h4-6H,2-3H2,1H3;3*1H4. The third-order valence-electron chi connectivity index (χ3n) is 1.18. The van der Waals surface area contributed by atoms with Gasteiger partial charge < -0.3 is 4.74 Å². The van der Waals surface area contributed by atoms with Crippen molar-refractivity contribution < 1.29 is 14.9 Å². The van der Waals surface area contributed by atoms with Gasteiger partial charge in [-0.3, -0.25) is 5.26 Å². The van der Waals surface area contributed by atoms with Crippen LogP contribution in [0.5, 0.6) is 0 Å². The lowest BCUT2D eigenvalue weighted by atomic mass is 10.2. The van der Waals surface area contributed by atoms with E-state index in [1.165, 1.54) is 0 Å². The predicted molar refractivity (Wildman–Crippen MR) is 47.7 cm³/mol. The van der Waals surface area contributed by atoms with E-state index in [0.29, 0.717) is 6.10 Å². The van der Waals surface area contributed by atoms with Crippen LogP contribution in [0, 0.1) is 0 Å². The molecule has 2 unspecified atom stereocenters. The zero-order valence-corrected chi connectivity index (χ0v) is 4.83. The maximum Gasteiger partial charge on any atom is 0.0924 e. The minimum Gasteiger partial charge on any atom is -0.373 e. The highest BCUT2D eigenvalue weighted by molar-refractivity contribution is 4.71. The molecule has 0 aromatic heterocycles. The molecule has 3 nitrogen and oxygen atoms in total. The quantitative estimate of drug-likeness (QED) is 0.398. The Morgan fingerprint density at radius 1 is 1.55 bits per heavy atom. The molecule has 1 N–H and O–H groups in total. The molecule has 0 aromatic rings. The lowest BCUT2D eigenvalue weighted by Gasteiger charge is -2.01. The van der Waals surface area contributed by atoms with Crippen molar-refractivity contribution >= 4 is 0 Å². The Morgan fingerprint density at radius 3 is 2.27 bits per heavy atom. The zero-order chi connectivity index (χ0) is 5.98. The minimum absolute atomic E-state index is 0. The Labute approximate surface area is 70.3 Å². The van der Waals surface area contributed by atoms with Gasteiger partial charge in [-0.2, -0.15) is 0 Å². The fourth-order valence-electron chi connectivity index (χ4n) is 0.617. The summed E-state index contributed by atoms with van der Waals surface area (Å²) in [6.45, 7) is 2.63. The van der Waals surface area contributed by atoms with E-state index in [0.717, 1.165) is 13.0 Å². The smallest absolute Gasteiger partial charge is 0.0924 e. The summed E-state index contributed by atoms with van der Waals surface area (Å²) in [6.07, 6.45) is 1.07. The first-order valence-corrected chi connectivity index (χ1v) is 2.74. The van der Waals surface area contributed by atoms with Gasteiger partial charge in [0.15, 0.2) is 0 Å². The summed E-state index contributed by atoms with van der Waals surface area (Å²) >= 11 is 0. The number of rotatable bonds is 3. The third-order valence-corrected chi connectivity index (χ3v) is 1.18. The van der Waals surface area contributed by atoms with E-state index in [1.807, 2.05) is 6.92 Å². The van der Waals surface area contributed by atoms with E-state index in [9.17, 15) is 0 Å². The highest BCUT2D eigenvalue weighted by Gasteiger charge is 2.24. The Hall–Kier alpha value is -0.120. The van der Waals surface area contributed by atoms with Crippen molar-refractivity contribution in [1.29, 1.82) is 0 Å². The summed E-state index contributed by atoms with van der Waals surface area (Å²) in [5, 5.41) is 8.06. The first-order chi connectivity index (χ1) is 3.83.